The Bertz CT molecular complexity index is 226. The van der Waals surface area contributed by atoms with E-state index in [2.05, 4.69) is 4.74 Å². The third-order valence-corrected chi connectivity index (χ3v) is 2.07. The van der Waals surface area contributed by atoms with Gasteiger partial charge in [-0.15, -0.1) is 0 Å². The van der Waals surface area contributed by atoms with E-state index in [-0.39, 0.29) is 6.42 Å². The van der Waals surface area contributed by atoms with Gasteiger partial charge < -0.3 is 4.74 Å². The monoisotopic (exact) mass is 230 g/mol. The molecule has 0 saturated heterocycles. The largest absolute Gasteiger partial charge is 0.405 e. The molecular formula is C9H14F4O2. The topological polar surface area (TPSA) is 26.3 Å². The van der Waals surface area contributed by atoms with Gasteiger partial charge in [-0.3, -0.25) is 4.79 Å². The van der Waals surface area contributed by atoms with E-state index < -0.39 is 30.3 Å². The van der Waals surface area contributed by atoms with Crippen molar-refractivity contribution in [2.45, 2.75) is 46.1 Å². The zero-order valence-corrected chi connectivity index (χ0v) is 8.82. The van der Waals surface area contributed by atoms with Crippen LogP contribution in [0, 0.1) is 5.41 Å². The summed E-state index contributed by atoms with van der Waals surface area (Å²) in [7, 11) is 0. The Hall–Kier alpha value is -0.810. The molecule has 0 N–H and O–H groups in total. The molecule has 0 aliphatic carbocycles. The summed E-state index contributed by atoms with van der Waals surface area (Å²) in [4.78, 5) is 11.1. The molecule has 90 valence electrons. The summed E-state index contributed by atoms with van der Waals surface area (Å²) in [6.45, 7) is 4.44. The summed E-state index contributed by atoms with van der Waals surface area (Å²) in [6, 6.07) is 0. The van der Waals surface area contributed by atoms with Crippen molar-refractivity contribution < 1.29 is 27.1 Å². The third-order valence-electron chi connectivity index (χ3n) is 2.07. The number of esters is 1. The molecule has 0 spiro atoms. The van der Waals surface area contributed by atoms with Crippen molar-refractivity contribution in [2.75, 3.05) is 0 Å². The van der Waals surface area contributed by atoms with Gasteiger partial charge in [0.1, 0.15) is 6.42 Å². The highest BCUT2D eigenvalue weighted by Gasteiger charge is 2.41. The van der Waals surface area contributed by atoms with E-state index in [0.29, 0.717) is 0 Å². The standard InChI is InChI=1S/C9H14F4O2/c1-4-8(2,3)7(14)15-9(12,13)5-6(10)11/h6H,4-5H2,1-3H3. The second-order valence-corrected chi connectivity index (χ2v) is 3.86. The summed E-state index contributed by atoms with van der Waals surface area (Å²) in [5, 5.41) is 0. The van der Waals surface area contributed by atoms with Crippen molar-refractivity contribution in [3.63, 3.8) is 0 Å². The lowest BCUT2D eigenvalue weighted by atomic mass is 9.91. The Morgan fingerprint density at radius 1 is 1.33 bits per heavy atom. The average Bonchev–Trinajstić information content (AvgIpc) is 2.00. The Labute approximate surface area is 85.6 Å². The molecular weight excluding hydrogens is 216 g/mol. The van der Waals surface area contributed by atoms with Crippen LogP contribution in [0.25, 0.3) is 0 Å². The highest BCUT2D eigenvalue weighted by atomic mass is 19.3. The van der Waals surface area contributed by atoms with Crippen LogP contribution in [0.2, 0.25) is 0 Å². The first-order valence-corrected chi connectivity index (χ1v) is 4.50. The van der Waals surface area contributed by atoms with E-state index in [1.807, 2.05) is 0 Å². The number of alkyl halides is 4. The van der Waals surface area contributed by atoms with Crippen LogP contribution in [0.3, 0.4) is 0 Å². The van der Waals surface area contributed by atoms with Crippen LogP contribution in [0.1, 0.15) is 33.6 Å². The molecule has 0 aromatic carbocycles. The second-order valence-electron chi connectivity index (χ2n) is 3.86. The smallest absolute Gasteiger partial charge is 0.400 e. The van der Waals surface area contributed by atoms with Crippen LogP contribution in [0.5, 0.6) is 0 Å². The number of halogens is 4. The highest BCUT2D eigenvalue weighted by Crippen LogP contribution is 2.29. The molecule has 0 bridgehead atoms. The molecule has 0 fully saturated rings. The zero-order chi connectivity index (χ0) is 12.3. The van der Waals surface area contributed by atoms with Crippen molar-refractivity contribution in [1.29, 1.82) is 0 Å². The Kier molecular flexibility index (Phi) is 4.55. The number of hydrogen-bond donors (Lipinski definition) is 0. The van der Waals surface area contributed by atoms with E-state index in [1.54, 1.807) is 6.92 Å². The maximum atomic E-state index is 12.7. The summed E-state index contributed by atoms with van der Waals surface area (Å²) < 4.78 is 52.5. The average molecular weight is 230 g/mol. The minimum atomic E-state index is -4.10. The van der Waals surface area contributed by atoms with Gasteiger partial charge in [0.15, 0.2) is 0 Å². The number of rotatable bonds is 5. The lowest BCUT2D eigenvalue weighted by Gasteiger charge is -2.24. The first-order valence-electron chi connectivity index (χ1n) is 4.50. The van der Waals surface area contributed by atoms with Crippen molar-refractivity contribution >= 4 is 5.97 Å². The SMILES string of the molecule is CCC(C)(C)C(=O)OC(F)(F)CC(F)F. The van der Waals surface area contributed by atoms with Gasteiger partial charge in [0.05, 0.1) is 5.41 Å². The molecule has 15 heavy (non-hydrogen) atoms. The second kappa shape index (κ2) is 4.81. The van der Waals surface area contributed by atoms with E-state index in [4.69, 9.17) is 0 Å². The van der Waals surface area contributed by atoms with Crippen LogP contribution in [0.4, 0.5) is 17.6 Å². The molecule has 0 aliphatic rings. The molecule has 6 heteroatoms. The van der Waals surface area contributed by atoms with Gasteiger partial charge in [-0.05, 0) is 20.3 Å². The van der Waals surface area contributed by atoms with E-state index >= 15 is 0 Å². The fourth-order valence-electron chi connectivity index (χ4n) is 0.639. The van der Waals surface area contributed by atoms with Gasteiger partial charge in [-0.25, -0.2) is 8.78 Å². The van der Waals surface area contributed by atoms with E-state index in [1.165, 1.54) is 13.8 Å². The van der Waals surface area contributed by atoms with Gasteiger partial charge in [0, 0.05) is 0 Å². The van der Waals surface area contributed by atoms with E-state index in [0.717, 1.165) is 0 Å². The van der Waals surface area contributed by atoms with Crippen molar-refractivity contribution in [3.8, 4) is 0 Å². The Morgan fingerprint density at radius 2 is 1.80 bits per heavy atom. The minimum absolute atomic E-state index is 0.288. The predicted octanol–water partition coefficient (Wildman–Crippen LogP) is 3.21. The fraction of sp³-hybridized carbons (Fsp3) is 0.889. The normalized spacial score (nSPS) is 13.1. The molecule has 0 rings (SSSR count). The van der Waals surface area contributed by atoms with Crippen LogP contribution < -0.4 is 0 Å². The van der Waals surface area contributed by atoms with Crippen LogP contribution >= 0.6 is 0 Å². The summed E-state index contributed by atoms with van der Waals surface area (Å²) >= 11 is 0. The van der Waals surface area contributed by atoms with Gasteiger partial charge >= 0.3 is 12.1 Å². The highest BCUT2D eigenvalue weighted by molar-refractivity contribution is 5.76. The van der Waals surface area contributed by atoms with Crippen molar-refractivity contribution in [2.24, 2.45) is 5.41 Å². The van der Waals surface area contributed by atoms with Gasteiger partial charge in [-0.2, -0.15) is 8.78 Å². The summed E-state index contributed by atoms with van der Waals surface area (Å²) in [5.74, 6) is -1.17. The number of carbonyl (C=O) groups is 1. The Morgan fingerprint density at radius 3 is 2.13 bits per heavy atom. The molecule has 0 heterocycles. The minimum Gasteiger partial charge on any atom is -0.400 e. The first kappa shape index (κ1) is 14.2. The molecule has 0 unspecified atom stereocenters. The molecule has 2 nitrogen and oxygen atoms in total. The lowest BCUT2D eigenvalue weighted by Crippen LogP contribution is -2.34. The summed E-state index contributed by atoms with van der Waals surface area (Å²) in [5.41, 5.74) is -1.09. The number of carbonyl (C=O) groups excluding carboxylic acids is 1. The molecule has 0 aliphatic heterocycles. The van der Waals surface area contributed by atoms with Gasteiger partial charge in [-0.1, -0.05) is 6.92 Å². The number of ether oxygens (including phenoxy) is 1. The fourth-order valence-corrected chi connectivity index (χ4v) is 0.639. The molecule has 0 amide bonds. The van der Waals surface area contributed by atoms with Crippen molar-refractivity contribution in [1.82, 2.24) is 0 Å². The maximum absolute atomic E-state index is 12.7. The Balaban J connectivity index is 4.40. The quantitative estimate of drug-likeness (QED) is 0.535. The first-order chi connectivity index (χ1) is 6.60. The zero-order valence-electron chi connectivity index (χ0n) is 8.82. The maximum Gasteiger partial charge on any atom is 0.405 e. The van der Waals surface area contributed by atoms with Crippen LogP contribution in [-0.4, -0.2) is 18.5 Å². The third kappa shape index (κ3) is 4.99. The summed E-state index contributed by atoms with van der Waals surface area (Å²) in [6.07, 6.45) is -8.79. The molecule has 0 aromatic rings. The molecule has 0 saturated carbocycles. The molecule has 0 atom stereocenters. The van der Waals surface area contributed by atoms with Crippen LogP contribution in [-0.2, 0) is 9.53 Å². The van der Waals surface area contributed by atoms with Gasteiger partial charge in [0.2, 0.25) is 6.43 Å². The van der Waals surface area contributed by atoms with Crippen molar-refractivity contribution in [3.05, 3.63) is 0 Å². The number of hydrogen-bond acceptors (Lipinski definition) is 2. The van der Waals surface area contributed by atoms with Gasteiger partial charge in [0.25, 0.3) is 0 Å². The molecule has 0 radical (unpaired) electrons. The van der Waals surface area contributed by atoms with Crippen LogP contribution in [0.15, 0.2) is 0 Å². The predicted molar refractivity (Wildman–Crippen MR) is 45.7 cm³/mol. The van der Waals surface area contributed by atoms with E-state index in [9.17, 15) is 22.4 Å². The lowest BCUT2D eigenvalue weighted by molar-refractivity contribution is -0.252. The molecule has 0 aromatic heterocycles.